The first-order valence-electron chi connectivity index (χ1n) is 3.43. The fraction of sp³-hybridized carbons (Fsp3) is 0.500. The van der Waals surface area contributed by atoms with Crippen molar-refractivity contribution in [1.29, 1.82) is 0 Å². The second-order valence-corrected chi connectivity index (χ2v) is 2.71. The summed E-state index contributed by atoms with van der Waals surface area (Å²) in [6.07, 6.45) is 3.49. The molecule has 0 rings (SSSR count). The molecule has 58 valence electrons. The third-order valence-corrected chi connectivity index (χ3v) is 1.25. The maximum absolute atomic E-state index is 5.47. The van der Waals surface area contributed by atoms with Gasteiger partial charge < -0.3 is 11.5 Å². The quantitative estimate of drug-likeness (QED) is 0.569. The Bertz CT molecular complexity index is 151. The maximum atomic E-state index is 5.47. The fourth-order valence-corrected chi connectivity index (χ4v) is 0.670. The molecule has 0 aliphatic carbocycles. The van der Waals surface area contributed by atoms with Crippen molar-refractivity contribution < 1.29 is 0 Å². The lowest BCUT2D eigenvalue weighted by molar-refractivity contribution is 0.786. The van der Waals surface area contributed by atoms with Crippen LogP contribution in [0, 0.1) is 5.92 Å². The van der Waals surface area contributed by atoms with Crippen molar-refractivity contribution in [1.82, 2.24) is 0 Å². The van der Waals surface area contributed by atoms with Crippen LogP contribution in [0.1, 0.15) is 20.8 Å². The first-order valence-corrected chi connectivity index (χ1v) is 3.43. The molecule has 0 aromatic rings. The van der Waals surface area contributed by atoms with Gasteiger partial charge in [-0.3, -0.25) is 0 Å². The number of allylic oxidation sites excluding steroid dienone is 3. The van der Waals surface area contributed by atoms with Crippen LogP contribution < -0.4 is 11.5 Å². The van der Waals surface area contributed by atoms with E-state index in [4.69, 9.17) is 11.5 Å². The van der Waals surface area contributed by atoms with Gasteiger partial charge in [0.2, 0.25) is 0 Å². The number of nitrogens with two attached hydrogens (primary N) is 2. The number of hydrogen-bond donors (Lipinski definition) is 2. The SMILES string of the molecule is C/C(N)=C/C(=C\N)C(C)C. The molecule has 0 unspecified atom stereocenters. The van der Waals surface area contributed by atoms with Crippen LogP contribution in [0.3, 0.4) is 0 Å². The lowest BCUT2D eigenvalue weighted by Gasteiger charge is -2.04. The third kappa shape index (κ3) is 3.17. The maximum Gasteiger partial charge on any atom is 0.00522 e. The molecule has 0 aliphatic rings. The first-order chi connectivity index (χ1) is 4.57. The molecule has 0 aromatic carbocycles. The molecule has 0 amide bonds. The Labute approximate surface area is 62.6 Å². The van der Waals surface area contributed by atoms with Gasteiger partial charge >= 0.3 is 0 Å². The van der Waals surface area contributed by atoms with Crippen LogP contribution in [0.15, 0.2) is 23.5 Å². The van der Waals surface area contributed by atoms with E-state index in [1.165, 1.54) is 0 Å². The molecule has 2 nitrogen and oxygen atoms in total. The summed E-state index contributed by atoms with van der Waals surface area (Å²) >= 11 is 0. The minimum Gasteiger partial charge on any atom is -0.404 e. The second kappa shape index (κ2) is 3.99. The Morgan fingerprint density at radius 1 is 1.40 bits per heavy atom. The Kier molecular flexibility index (Phi) is 3.62. The predicted octanol–water partition coefficient (Wildman–Crippen LogP) is 1.35. The minimum absolute atomic E-state index is 0.448. The number of hydrogen-bond acceptors (Lipinski definition) is 2. The van der Waals surface area contributed by atoms with Gasteiger partial charge in [-0.1, -0.05) is 13.8 Å². The van der Waals surface area contributed by atoms with Gasteiger partial charge in [0.1, 0.15) is 0 Å². The highest BCUT2D eigenvalue weighted by Gasteiger charge is 1.97. The summed E-state index contributed by atoms with van der Waals surface area (Å²) in [7, 11) is 0. The van der Waals surface area contributed by atoms with Gasteiger partial charge in [0.05, 0.1) is 0 Å². The van der Waals surface area contributed by atoms with Crippen molar-refractivity contribution in [3.8, 4) is 0 Å². The molecule has 0 fully saturated rings. The summed E-state index contributed by atoms with van der Waals surface area (Å²) in [5.41, 5.74) is 12.7. The van der Waals surface area contributed by atoms with Crippen molar-refractivity contribution >= 4 is 0 Å². The van der Waals surface area contributed by atoms with E-state index in [2.05, 4.69) is 13.8 Å². The largest absolute Gasteiger partial charge is 0.404 e. The Hall–Kier alpha value is -0.920. The zero-order chi connectivity index (χ0) is 8.15. The van der Waals surface area contributed by atoms with Gasteiger partial charge in [-0.15, -0.1) is 0 Å². The molecular formula is C8H16N2. The highest BCUT2D eigenvalue weighted by Crippen LogP contribution is 2.09. The Balaban J connectivity index is 4.26. The minimum atomic E-state index is 0.448. The van der Waals surface area contributed by atoms with Crippen molar-refractivity contribution in [2.45, 2.75) is 20.8 Å². The highest BCUT2D eigenvalue weighted by molar-refractivity contribution is 5.21. The van der Waals surface area contributed by atoms with Crippen molar-refractivity contribution in [3.05, 3.63) is 23.5 Å². The molecule has 0 aliphatic heterocycles. The highest BCUT2D eigenvalue weighted by atomic mass is 14.6. The Morgan fingerprint density at radius 3 is 2.00 bits per heavy atom. The standard InChI is InChI=1S/C8H16N2/c1-6(2)8(5-9)4-7(3)10/h4-6H,9-10H2,1-3H3/b7-4-,8-5+. The lowest BCUT2D eigenvalue weighted by atomic mass is 10.0. The smallest absolute Gasteiger partial charge is 0.00522 e. The van der Waals surface area contributed by atoms with Crippen LogP contribution in [0.25, 0.3) is 0 Å². The molecule has 0 bridgehead atoms. The Morgan fingerprint density at radius 2 is 1.90 bits per heavy atom. The van der Waals surface area contributed by atoms with Gasteiger partial charge in [-0.25, -0.2) is 0 Å². The summed E-state index contributed by atoms with van der Waals surface area (Å²) in [5.74, 6) is 0.448. The summed E-state index contributed by atoms with van der Waals surface area (Å²) in [5, 5.41) is 0. The molecular weight excluding hydrogens is 124 g/mol. The zero-order valence-electron chi connectivity index (χ0n) is 6.89. The normalized spacial score (nSPS) is 14.4. The summed E-state index contributed by atoms with van der Waals surface area (Å²) in [4.78, 5) is 0. The molecule has 10 heavy (non-hydrogen) atoms. The average molecular weight is 140 g/mol. The van der Waals surface area contributed by atoms with E-state index in [1.807, 2.05) is 13.0 Å². The van der Waals surface area contributed by atoms with Gasteiger partial charge in [-0.05, 0) is 30.7 Å². The predicted molar refractivity (Wildman–Crippen MR) is 45.1 cm³/mol. The van der Waals surface area contributed by atoms with Gasteiger partial charge in [0.25, 0.3) is 0 Å². The molecule has 0 spiro atoms. The van der Waals surface area contributed by atoms with E-state index in [1.54, 1.807) is 6.20 Å². The summed E-state index contributed by atoms with van der Waals surface area (Å²) in [6, 6.07) is 0. The van der Waals surface area contributed by atoms with Gasteiger partial charge in [0.15, 0.2) is 0 Å². The molecule has 4 N–H and O–H groups in total. The molecule has 2 heteroatoms. The van der Waals surface area contributed by atoms with E-state index in [0.29, 0.717) is 5.92 Å². The topological polar surface area (TPSA) is 52.0 Å². The third-order valence-electron chi connectivity index (χ3n) is 1.25. The lowest BCUT2D eigenvalue weighted by Crippen LogP contribution is -1.99. The van der Waals surface area contributed by atoms with Gasteiger partial charge in [-0.2, -0.15) is 0 Å². The summed E-state index contributed by atoms with van der Waals surface area (Å²) < 4.78 is 0. The van der Waals surface area contributed by atoms with Crippen LogP contribution in [0.4, 0.5) is 0 Å². The van der Waals surface area contributed by atoms with E-state index >= 15 is 0 Å². The first kappa shape index (κ1) is 9.08. The summed E-state index contributed by atoms with van der Waals surface area (Å²) in [6.45, 7) is 6.02. The van der Waals surface area contributed by atoms with E-state index in [0.717, 1.165) is 11.3 Å². The molecule has 0 heterocycles. The van der Waals surface area contributed by atoms with Crippen LogP contribution in [0.5, 0.6) is 0 Å². The molecule has 0 saturated heterocycles. The van der Waals surface area contributed by atoms with Crippen molar-refractivity contribution in [2.75, 3.05) is 0 Å². The average Bonchev–Trinajstić information content (AvgIpc) is 1.81. The molecule has 0 aromatic heterocycles. The van der Waals surface area contributed by atoms with E-state index in [-0.39, 0.29) is 0 Å². The van der Waals surface area contributed by atoms with E-state index < -0.39 is 0 Å². The van der Waals surface area contributed by atoms with E-state index in [9.17, 15) is 0 Å². The van der Waals surface area contributed by atoms with Crippen LogP contribution in [-0.2, 0) is 0 Å². The monoisotopic (exact) mass is 140 g/mol. The van der Waals surface area contributed by atoms with Crippen LogP contribution >= 0.6 is 0 Å². The zero-order valence-corrected chi connectivity index (χ0v) is 6.89. The van der Waals surface area contributed by atoms with Crippen LogP contribution in [-0.4, -0.2) is 0 Å². The van der Waals surface area contributed by atoms with Crippen molar-refractivity contribution in [2.24, 2.45) is 17.4 Å². The molecule has 0 saturated carbocycles. The van der Waals surface area contributed by atoms with Gasteiger partial charge in [0, 0.05) is 5.70 Å². The van der Waals surface area contributed by atoms with Crippen molar-refractivity contribution in [3.63, 3.8) is 0 Å². The second-order valence-electron chi connectivity index (χ2n) is 2.71. The number of rotatable bonds is 2. The molecule has 0 radical (unpaired) electrons. The fourth-order valence-electron chi connectivity index (χ4n) is 0.670. The van der Waals surface area contributed by atoms with Crippen LogP contribution in [0.2, 0.25) is 0 Å². The molecule has 0 atom stereocenters.